The van der Waals surface area contributed by atoms with Crippen molar-refractivity contribution in [2.24, 2.45) is 5.11 Å². The molecule has 0 heterocycles. The second-order valence-electron chi connectivity index (χ2n) is 5.34. The van der Waals surface area contributed by atoms with E-state index in [9.17, 15) is 9.59 Å². The summed E-state index contributed by atoms with van der Waals surface area (Å²) in [7, 11) is 0. The highest BCUT2D eigenvalue weighted by Crippen LogP contribution is 2.09. The Bertz CT molecular complexity index is 372. The third kappa shape index (κ3) is 10.0. The van der Waals surface area contributed by atoms with Crippen molar-refractivity contribution in [2.45, 2.75) is 58.1 Å². The first-order valence-electron chi connectivity index (χ1n) is 6.49. The van der Waals surface area contributed by atoms with Gasteiger partial charge in [0.1, 0.15) is 11.6 Å². The second-order valence-corrected chi connectivity index (χ2v) is 5.34. The lowest BCUT2D eigenvalue weighted by atomic mass is 10.1. The van der Waals surface area contributed by atoms with E-state index >= 15 is 0 Å². The van der Waals surface area contributed by atoms with Gasteiger partial charge in [-0.1, -0.05) is 18.0 Å². The van der Waals surface area contributed by atoms with E-state index in [1.807, 2.05) is 0 Å². The van der Waals surface area contributed by atoms with Crippen LogP contribution in [0.3, 0.4) is 0 Å². The van der Waals surface area contributed by atoms with Crippen molar-refractivity contribution in [3.8, 4) is 0 Å². The molecule has 20 heavy (non-hydrogen) atoms. The molecule has 0 saturated heterocycles. The summed E-state index contributed by atoms with van der Waals surface area (Å²) in [6.07, 6.45) is 1.62. The Balaban J connectivity index is 4.08. The first kappa shape index (κ1) is 18.0. The van der Waals surface area contributed by atoms with Crippen LogP contribution >= 0.6 is 0 Å². The molecule has 114 valence electrons. The highest BCUT2D eigenvalue weighted by atomic mass is 16.6. The molecule has 0 aromatic carbocycles. The van der Waals surface area contributed by atoms with Crippen LogP contribution in [0.25, 0.3) is 10.4 Å². The van der Waals surface area contributed by atoms with E-state index < -0.39 is 23.7 Å². The van der Waals surface area contributed by atoms with E-state index in [4.69, 9.17) is 15.4 Å². The highest BCUT2D eigenvalue weighted by Gasteiger charge is 2.23. The molecule has 0 rings (SSSR count). The minimum Gasteiger partial charge on any atom is -0.480 e. The van der Waals surface area contributed by atoms with Crippen LogP contribution < -0.4 is 5.32 Å². The zero-order valence-corrected chi connectivity index (χ0v) is 12.1. The fourth-order valence-electron chi connectivity index (χ4n) is 1.46. The number of nitrogens with zero attached hydrogens (tertiary/aromatic N) is 3. The molecule has 0 aliphatic rings. The molecule has 0 radical (unpaired) electrons. The number of ether oxygens (including phenoxy) is 1. The molecule has 2 N–H and O–H groups in total. The van der Waals surface area contributed by atoms with Crippen molar-refractivity contribution in [3.05, 3.63) is 10.4 Å². The Morgan fingerprint density at radius 3 is 2.50 bits per heavy atom. The molecule has 0 spiro atoms. The second kappa shape index (κ2) is 9.03. The molecule has 0 aromatic heterocycles. The predicted molar refractivity (Wildman–Crippen MR) is 73.3 cm³/mol. The Morgan fingerprint density at radius 1 is 1.35 bits per heavy atom. The number of nitrogens with one attached hydrogen (secondary N) is 1. The number of hydrogen-bond donors (Lipinski definition) is 2. The monoisotopic (exact) mass is 286 g/mol. The minimum absolute atomic E-state index is 0.310. The molecule has 1 atom stereocenters. The fourth-order valence-corrected chi connectivity index (χ4v) is 1.46. The molecule has 0 bridgehead atoms. The number of azide groups is 1. The average Bonchev–Trinajstić information content (AvgIpc) is 2.29. The number of unbranched alkanes of at least 4 members (excludes halogenated alkanes) is 2. The maximum Gasteiger partial charge on any atom is 0.408 e. The van der Waals surface area contributed by atoms with E-state index in [1.54, 1.807) is 20.8 Å². The first-order valence-corrected chi connectivity index (χ1v) is 6.49. The van der Waals surface area contributed by atoms with Crippen LogP contribution in [0.1, 0.15) is 46.5 Å². The Hall–Kier alpha value is -1.95. The summed E-state index contributed by atoms with van der Waals surface area (Å²) in [4.78, 5) is 25.2. The maximum atomic E-state index is 11.5. The van der Waals surface area contributed by atoms with Gasteiger partial charge in [-0.05, 0) is 39.1 Å². The Kier molecular flexibility index (Phi) is 8.15. The van der Waals surface area contributed by atoms with Crippen molar-refractivity contribution >= 4 is 12.1 Å². The number of carboxylic acids is 1. The Morgan fingerprint density at radius 2 is 2.00 bits per heavy atom. The van der Waals surface area contributed by atoms with Crippen LogP contribution in [-0.4, -0.2) is 35.4 Å². The van der Waals surface area contributed by atoms with Gasteiger partial charge < -0.3 is 15.2 Å². The van der Waals surface area contributed by atoms with E-state index in [2.05, 4.69) is 15.3 Å². The lowest BCUT2D eigenvalue weighted by Gasteiger charge is -2.22. The average molecular weight is 286 g/mol. The summed E-state index contributed by atoms with van der Waals surface area (Å²) in [5, 5.41) is 14.7. The van der Waals surface area contributed by atoms with Gasteiger partial charge in [0.15, 0.2) is 0 Å². The van der Waals surface area contributed by atoms with Crippen LogP contribution in [0.2, 0.25) is 0 Å². The van der Waals surface area contributed by atoms with E-state index in [1.165, 1.54) is 0 Å². The van der Waals surface area contributed by atoms with Gasteiger partial charge in [0.05, 0.1) is 0 Å². The van der Waals surface area contributed by atoms with Gasteiger partial charge in [-0.25, -0.2) is 9.59 Å². The summed E-state index contributed by atoms with van der Waals surface area (Å²) in [5.41, 5.74) is 7.43. The van der Waals surface area contributed by atoms with Crippen LogP contribution in [0.15, 0.2) is 5.11 Å². The molecular formula is C12H22N4O4. The normalized spacial score (nSPS) is 12.2. The standard InChI is InChI=1S/C12H22N4O4/c1-12(2,3)20-11(19)15-9(10(17)18)7-5-4-6-8-14-16-13/h9H,4-8H2,1-3H3,(H,15,19)(H,17,18)/t9-/m0/s1. The van der Waals surface area contributed by atoms with Crippen LogP contribution in [-0.2, 0) is 9.53 Å². The van der Waals surface area contributed by atoms with Crippen molar-refractivity contribution in [1.82, 2.24) is 5.32 Å². The molecule has 0 fully saturated rings. The fraction of sp³-hybridized carbons (Fsp3) is 0.833. The number of alkyl carbamates (subject to hydrolysis) is 1. The number of aliphatic carboxylic acids is 1. The molecule has 1 amide bonds. The summed E-state index contributed by atoms with van der Waals surface area (Å²) in [6, 6.07) is -0.968. The molecular weight excluding hydrogens is 264 g/mol. The predicted octanol–water partition coefficient (Wildman–Crippen LogP) is 2.84. The zero-order valence-electron chi connectivity index (χ0n) is 12.1. The van der Waals surface area contributed by atoms with Gasteiger partial charge >= 0.3 is 12.1 Å². The van der Waals surface area contributed by atoms with Crippen LogP contribution in [0, 0.1) is 0 Å². The topological polar surface area (TPSA) is 124 Å². The quantitative estimate of drug-likeness (QED) is 0.308. The molecule has 0 saturated carbocycles. The molecule has 0 aromatic rings. The van der Waals surface area contributed by atoms with Crippen molar-refractivity contribution in [3.63, 3.8) is 0 Å². The smallest absolute Gasteiger partial charge is 0.408 e. The number of amides is 1. The molecule has 0 aliphatic carbocycles. The number of hydrogen-bond acceptors (Lipinski definition) is 4. The Labute approximate surface area is 118 Å². The van der Waals surface area contributed by atoms with Gasteiger partial charge in [-0.2, -0.15) is 0 Å². The number of carboxylic acid groups (broad SMARTS) is 1. The van der Waals surface area contributed by atoms with E-state index in [0.29, 0.717) is 25.8 Å². The lowest BCUT2D eigenvalue weighted by Crippen LogP contribution is -2.43. The lowest BCUT2D eigenvalue weighted by molar-refractivity contribution is -0.139. The molecule has 8 nitrogen and oxygen atoms in total. The van der Waals surface area contributed by atoms with Gasteiger partial charge in [0, 0.05) is 11.5 Å². The van der Waals surface area contributed by atoms with Gasteiger partial charge in [-0.15, -0.1) is 0 Å². The number of carbonyl (C=O) groups is 2. The molecule has 0 aliphatic heterocycles. The van der Waals surface area contributed by atoms with Crippen molar-refractivity contribution in [2.75, 3.05) is 6.54 Å². The third-order valence-electron chi connectivity index (χ3n) is 2.30. The highest BCUT2D eigenvalue weighted by molar-refractivity contribution is 5.79. The summed E-state index contributed by atoms with van der Waals surface area (Å²) in [6.45, 7) is 5.52. The van der Waals surface area contributed by atoms with Crippen LogP contribution in [0.5, 0.6) is 0 Å². The number of carbonyl (C=O) groups excluding carboxylic acids is 1. The van der Waals surface area contributed by atoms with Crippen molar-refractivity contribution < 1.29 is 19.4 Å². The van der Waals surface area contributed by atoms with E-state index in [-0.39, 0.29) is 0 Å². The SMILES string of the molecule is CC(C)(C)OC(=O)N[C@@H](CCCCCN=[N+]=[N-])C(=O)O. The van der Waals surface area contributed by atoms with Crippen molar-refractivity contribution in [1.29, 1.82) is 0 Å². The van der Waals surface area contributed by atoms with Gasteiger partial charge in [0.25, 0.3) is 0 Å². The number of rotatable bonds is 8. The van der Waals surface area contributed by atoms with Gasteiger partial charge in [0.2, 0.25) is 0 Å². The van der Waals surface area contributed by atoms with Crippen LogP contribution in [0.4, 0.5) is 4.79 Å². The largest absolute Gasteiger partial charge is 0.480 e. The maximum absolute atomic E-state index is 11.5. The first-order chi connectivity index (χ1) is 9.26. The van der Waals surface area contributed by atoms with Gasteiger partial charge in [-0.3, -0.25) is 0 Å². The third-order valence-corrected chi connectivity index (χ3v) is 2.30. The molecule has 8 heteroatoms. The molecule has 0 unspecified atom stereocenters. The summed E-state index contributed by atoms with van der Waals surface area (Å²) < 4.78 is 5.01. The minimum atomic E-state index is -1.09. The summed E-state index contributed by atoms with van der Waals surface area (Å²) >= 11 is 0. The zero-order chi connectivity index (χ0) is 15.6. The summed E-state index contributed by atoms with van der Waals surface area (Å²) in [5.74, 6) is -1.09. The van der Waals surface area contributed by atoms with E-state index in [0.717, 1.165) is 6.42 Å².